The zero-order chi connectivity index (χ0) is 20.0. The lowest BCUT2D eigenvalue weighted by Gasteiger charge is -2.09. The van der Waals surface area contributed by atoms with Gasteiger partial charge in [-0.3, -0.25) is 4.79 Å². The normalized spacial score (nSPS) is 11.1. The van der Waals surface area contributed by atoms with E-state index >= 15 is 0 Å². The van der Waals surface area contributed by atoms with Crippen LogP contribution in [0.2, 0.25) is 10.0 Å². The van der Waals surface area contributed by atoms with Crippen molar-refractivity contribution in [3.05, 3.63) is 78.9 Å². The minimum Gasteiger partial charge on any atom is -0.506 e. The number of carbonyl (C=O) groups is 1. The quantitative estimate of drug-likeness (QED) is 0.374. The minimum absolute atomic E-state index is 0.0227. The summed E-state index contributed by atoms with van der Waals surface area (Å²) in [5.41, 5.74) is -2.85. The third-order valence-electron chi connectivity index (χ3n) is 4.01. The Morgan fingerprint density at radius 3 is 2.36 bits per heavy atom. The molecule has 0 aliphatic rings. The van der Waals surface area contributed by atoms with Gasteiger partial charge >= 0.3 is 11.3 Å². The maximum atomic E-state index is 12.5. The van der Waals surface area contributed by atoms with Gasteiger partial charge in [-0.05, 0) is 24.3 Å². The number of rotatable bonds is 2. The summed E-state index contributed by atoms with van der Waals surface area (Å²) in [6.45, 7) is 0. The fourth-order valence-corrected chi connectivity index (χ4v) is 3.33. The van der Waals surface area contributed by atoms with Crippen molar-refractivity contribution in [1.29, 1.82) is 0 Å². The molecule has 0 aliphatic carbocycles. The molecule has 0 spiro atoms. The van der Waals surface area contributed by atoms with Crippen LogP contribution in [0.4, 0.5) is 5.69 Å². The van der Waals surface area contributed by atoms with Crippen molar-refractivity contribution in [2.45, 2.75) is 0 Å². The van der Waals surface area contributed by atoms with Gasteiger partial charge in [-0.25, -0.2) is 9.59 Å². The second kappa shape index (κ2) is 6.70. The monoisotopic (exact) mass is 417 g/mol. The Labute approximate surface area is 165 Å². The summed E-state index contributed by atoms with van der Waals surface area (Å²) < 4.78 is 10.3. The molecule has 0 radical (unpaired) electrons. The van der Waals surface area contributed by atoms with Crippen LogP contribution in [0.15, 0.2) is 60.9 Å². The number of para-hydroxylation sites is 1. The predicted octanol–water partition coefficient (Wildman–Crippen LogP) is 4.16. The van der Waals surface area contributed by atoms with E-state index in [1.165, 1.54) is 12.1 Å². The van der Waals surface area contributed by atoms with E-state index in [0.29, 0.717) is 5.69 Å². The number of nitrogens with one attached hydrogen (secondary N) is 1. The van der Waals surface area contributed by atoms with Gasteiger partial charge in [0.05, 0.1) is 10.4 Å². The maximum absolute atomic E-state index is 12.5. The third-order valence-corrected chi connectivity index (χ3v) is 4.51. The van der Waals surface area contributed by atoms with Crippen LogP contribution in [0.3, 0.4) is 0 Å². The summed E-state index contributed by atoms with van der Waals surface area (Å²) in [5.74, 6) is -1.80. The van der Waals surface area contributed by atoms with Crippen molar-refractivity contribution in [2.75, 3.05) is 5.32 Å². The Bertz CT molecular complexity index is 1380. The lowest BCUT2D eigenvalue weighted by molar-refractivity contribution is 0.102. The zero-order valence-corrected chi connectivity index (χ0v) is 15.3. The van der Waals surface area contributed by atoms with Crippen LogP contribution in [-0.2, 0) is 0 Å². The molecule has 7 nitrogen and oxygen atoms in total. The number of benzene rings is 2. The molecule has 2 aromatic heterocycles. The van der Waals surface area contributed by atoms with Gasteiger partial charge in [0.25, 0.3) is 5.91 Å². The highest BCUT2D eigenvalue weighted by atomic mass is 35.5. The number of anilines is 1. The van der Waals surface area contributed by atoms with E-state index in [4.69, 9.17) is 32.0 Å². The number of carbonyl (C=O) groups excluding carboxylic acids is 1. The summed E-state index contributed by atoms with van der Waals surface area (Å²) >= 11 is 12.0. The van der Waals surface area contributed by atoms with Crippen molar-refractivity contribution in [3.8, 4) is 5.75 Å². The molecule has 2 aromatic carbocycles. The summed E-state index contributed by atoms with van der Waals surface area (Å²) in [6.07, 6.45) is 0. The molecular weight excluding hydrogens is 409 g/mol. The molecule has 2 N–H and O–H groups in total. The first-order chi connectivity index (χ1) is 13.4. The molecule has 0 unspecified atom stereocenters. The molecule has 1 amide bonds. The molecule has 0 atom stereocenters. The van der Waals surface area contributed by atoms with Crippen molar-refractivity contribution in [1.82, 2.24) is 0 Å². The highest BCUT2D eigenvalue weighted by molar-refractivity contribution is 6.38. The molecule has 4 aromatic rings. The molecule has 0 fully saturated rings. The van der Waals surface area contributed by atoms with E-state index in [0.717, 1.165) is 0 Å². The topological polar surface area (TPSA) is 110 Å². The Kier molecular flexibility index (Phi) is 4.33. The summed E-state index contributed by atoms with van der Waals surface area (Å²) in [7, 11) is 0. The van der Waals surface area contributed by atoms with E-state index in [2.05, 4.69) is 5.32 Å². The summed E-state index contributed by atoms with van der Waals surface area (Å²) in [5, 5.41) is 12.8. The second-order valence-corrected chi connectivity index (χ2v) is 6.63. The first kappa shape index (κ1) is 18.1. The number of hydrogen-bond donors (Lipinski definition) is 2. The van der Waals surface area contributed by atoms with E-state index in [-0.39, 0.29) is 26.6 Å². The minimum atomic E-state index is -1.14. The molecule has 4 rings (SSSR count). The van der Waals surface area contributed by atoms with Gasteiger partial charge < -0.3 is 19.3 Å². The molecule has 2 heterocycles. The smallest absolute Gasteiger partial charge is 0.353 e. The fraction of sp³-hybridized carbons (Fsp3) is 0. The summed E-state index contributed by atoms with van der Waals surface area (Å²) in [6, 6.07) is 11.0. The average molecular weight is 418 g/mol. The lowest BCUT2D eigenvalue weighted by Crippen LogP contribution is -2.22. The molecule has 0 saturated heterocycles. The molecule has 0 aliphatic heterocycles. The number of aromatic hydroxyl groups is 1. The van der Waals surface area contributed by atoms with Crippen LogP contribution in [-0.4, -0.2) is 11.0 Å². The maximum Gasteiger partial charge on any atom is 0.353 e. The highest BCUT2D eigenvalue weighted by Gasteiger charge is 2.25. The number of hydrogen-bond acceptors (Lipinski definition) is 6. The zero-order valence-electron chi connectivity index (χ0n) is 13.8. The van der Waals surface area contributed by atoms with E-state index in [1.807, 2.05) is 0 Å². The highest BCUT2D eigenvalue weighted by Crippen LogP contribution is 2.34. The molecule has 140 valence electrons. The first-order valence-corrected chi connectivity index (χ1v) is 8.60. The largest absolute Gasteiger partial charge is 0.506 e. The van der Waals surface area contributed by atoms with Gasteiger partial charge in [0.1, 0.15) is 5.39 Å². The van der Waals surface area contributed by atoms with Crippen LogP contribution in [0.5, 0.6) is 5.75 Å². The first-order valence-electron chi connectivity index (χ1n) is 7.85. The van der Waals surface area contributed by atoms with E-state index < -0.39 is 33.9 Å². The predicted molar refractivity (Wildman–Crippen MR) is 105 cm³/mol. The Morgan fingerprint density at radius 2 is 1.64 bits per heavy atom. The van der Waals surface area contributed by atoms with Crippen LogP contribution in [0.25, 0.3) is 21.9 Å². The number of amides is 1. The van der Waals surface area contributed by atoms with Gasteiger partial charge in [-0.2, -0.15) is 0 Å². The fourth-order valence-electron chi connectivity index (χ4n) is 2.79. The number of fused-ring (bicyclic) bond motifs is 3. The van der Waals surface area contributed by atoms with Crippen molar-refractivity contribution in [2.24, 2.45) is 0 Å². The average Bonchev–Trinajstić information content (AvgIpc) is 2.63. The van der Waals surface area contributed by atoms with Crippen LogP contribution in [0, 0.1) is 0 Å². The Balaban J connectivity index is 2.00. The lowest BCUT2D eigenvalue weighted by atomic mass is 10.1. The molecule has 9 heteroatoms. The SMILES string of the molecule is O=C(Nc1ccccc1)c1c(O)c2c(=O)oc3c(Cl)cc(Cl)cc3c2oc1=O. The molecule has 0 saturated carbocycles. The van der Waals surface area contributed by atoms with Gasteiger partial charge in [-0.15, -0.1) is 0 Å². The molecule has 28 heavy (non-hydrogen) atoms. The Hall–Kier alpha value is -3.29. The van der Waals surface area contributed by atoms with Crippen molar-refractivity contribution in [3.63, 3.8) is 0 Å². The second-order valence-electron chi connectivity index (χ2n) is 5.79. The van der Waals surface area contributed by atoms with Gasteiger partial charge in [0.2, 0.25) is 0 Å². The third kappa shape index (κ3) is 2.90. The van der Waals surface area contributed by atoms with Crippen molar-refractivity contribution >= 4 is 56.7 Å². The summed E-state index contributed by atoms with van der Waals surface area (Å²) in [4.78, 5) is 37.3. The van der Waals surface area contributed by atoms with Crippen molar-refractivity contribution < 1.29 is 18.7 Å². The van der Waals surface area contributed by atoms with E-state index in [1.54, 1.807) is 30.3 Å². The molecular formula is C19H9Cl2NO6. The molecule has 0 bridgehead atoms. The van der Waals surface area contributed by atoms with Gasteiger partial charge in [-0.1, -0.05) is 41.4 Å². The van der Waals surface area contributed by atoms with Crippen LogP contribution < -0.4 is 16.6 Å². The Morgan fingerprint density at radius 1 is 0.964 bits per heavy atom. The van der Waals surface area contributed by atoms with Crippen LogP contribution >= 0.6 is 23.2 Å². The van der Waals surface area contributed by atoms with Crippen LogP contribution in [0.1, 0.15) is 10.4 Å². The van der Waals surface area contributed by atoms with E-state index in [9.17, 15) is 19.5 Å². The standard InChI is InChI=1S/C19H9Cl2NO6/c20-8-6-10-15(11(21)7-8)27-18(25)12-14(23)13(19(26)28-16(10)12)17(24)22-9-4-2-1-3-5-9/h1-7,23H,(H,22,24). The van der Waals surface area contributed by atoms with Gasteiger partial charge in [0.15, 0.2) is 22.5 Å². The number of halogens is 2. The van der Waals surface area contributed by atoms with Gasteiger partial charge in [0, 0.05) is 10.7 Å².